The Morgan fingerprint density at radius 3 is 2.68 bits per heavy atom. The standard InChI is InChI=1S/C18H26ClN3O2S/c1-13-4-5-15(12-17(13)19)20-18(25)22(10-11-24-3)16-6-8-21(9-7-16)14(2)23/h4-5,12,16H,6-11H2,1-3H3,(H,20,25). The number of methoxy groups -OCH3 is 1. The van der Waals surface area contributed by atoms with Gasteiger partial charge in [-0.3, -0.25) is 4.79 Å². The van der Waals surface area contributed by atoms with Gasteiger partial charge in [-0.1, -0.05) is 17.7 Å². The fourth-order valence-corrected chi connectivity index (χ4v) is 3.54. The quantitative estimate of drug-likeness (QED) is 0.790. The largest absolute Gasteiger partial charge is 0.383 e. The maximum absolute atomic E-state index is 11.5. The van der Waals surface area contributed by atoms with Crippen LogP contribution in [0.3, 0.4) is 0 Å². The number of carbonyl (C=O) groups excluding carboxylic acids is 1. The Morgan fingerprint density at radius 2 is 2.12 bits per heavy atom. The second kappa shape index (κ2) is 9.36. The van der Waals surface area contributed by atoms with Crippen LogP contribution in [0.25, 0.3) is 0 Å². The average molecular weight is 384 g/mol. The maximum Gasteiger partial charge on any atom is 0.219 e. The number of anilines is 1. The number of nitrogens with one attached hydrogen (secondary N) is 1. The SMILES string of the molecule is COCCN(C(=S)Nc1ccc(C)c(Cl)c1)C1CCN(C(C)=O)CC1. The number of halogens is 1. The van der Waals surface area contributed by atoms with Gasteiger partial charge in [-0.05, 0) is 49.7 Å². The Bertz CT molecular complexity index is 618. The molecule has 2 rings (SSSR count). The van der Waals surface area contributed by atoms with E-state index in [1.807, 2.05) is 30.0 Å². The van der Waals surface area contributed by atoms with Gasteiger partial charge in [0.15, 0.2) is 5.11 Å². The normalized spacial score (nSPS) is 15.1. The Kier molecular flexibility index (Phi) is 7.47. The van der Waals surface area contributed by atoms with Crippen molar-refractivity contribution in [2.45, 2.75) is 32.7 Å². The molecule has 0 bridgehead atoms. The van der Waals surface area contributed by atoms with Gasteiger partial charge in [0.2, 0.25) is 5.91 Å². The third-order valence-electron chi connectivity index (χ3n) is 4.57. The number of nitrogens with zero attached hydrogens (tertiary/aromatic N) is 2. The number of ether oxygens (including phenoxy) is 1. The van der Waals surface area contributed by atoms with Crippen molar-refractivity contribution in [1.82, 2.24) is 9.80 Å². The van der Waals surface area contributed by atoms with E-state index < -0.39 is 0 Å². The van der Waals surface area contributed by atoms with E-state index in [4.69, 9.17) is 28.6 Å². The number of piperidine rings is 1. The van der Waals surface area contributed by atoms with E-state index >= 15 is 0 Å². The number of carbonyl (C=O) groups is 1. The first kappa shape index (κ1) is 19.9. The van der Waals surface area contributed by atoms with Crippen LogP contribution in [0, 0.1) is 6.92 Å². The lowest BCUT2D eigenvalue weighted by molar-refractivity contribution is -0.130. The molecule has 0 aliphatic carbocycles. The number of amides is 1. The molecule has 7 heteroatoms. The Morgan fingerprint density at radius 1 is 1.44 bits per heavy atom. The monoisotopic (exact) mass is 383 g/mol. The summed E-state index contributed by atoms with van der Waals surface area (Å²) < 4.78 is 5.24. The summed E-state index contributed by atoms with van der Waals surface area (Å²) in [6.45, 7) is 6.44. The van der Waals surface area contributed by atoms with Crippen molar-refractivity contribution in [3.05, 3.63) is 28.8 Å². The Balaban J connectivity index is 2.04. The molecule has 0 atom stereocenters. The van der Waals surface area contributed by atoms with Crippen molar-refractivity contribution in [3.63, 3.8) is 0 Å². The van der Waals surface area contributed by atoms with Crippen LogP contribution in [0.15, 0.2) is 18.2 Å². The molecule has 0 aromatic heterocycles. The summed E-state index contributed by atoms with van der Waals surface area (Å²) in [6, 6.07) is 6.13. The second-order valence-corrected chi connectivity index (χ2v) is 7.11. The van der Waals surface area contributed by atoms with Crippen molar-refractivity contribution in [2.24, 2.45) is 0 Å². The molecular formula is C18H26ClN3O2S. The number of hydrogen-bond acceptors (Lipinski definition) is 3. The molecule has 0 saturated carbocycles. The molecule has 1 aliphatic heterocycles. The highest BCUT2D eigenvalue weighted by atomic mass is 35.5. The number of likely N-dealkylation sites (tertiary alicyclic amines) is 1. The van der Waals surface area contributed by atoms with Crippen LogP contribution in [0.4, 0.5) is 5.69 Å². The third-order valence-corrected chi connectivity index (χ3v) is 5.31. The lowest BCUT2D eigenvalue weighted by atomic mass is 10.0. The number of aryl methyl sites for hydroxylation is 1. The van der Waals surface area contributed by atoms with E-state index in [1.54, 1.807) is 14.0 Å². The van der Waals surface area contributed by atoms with Crippen LogP contribution >= 0.6 is 23.8 Å². The predicted octanol–water partition coefficient (Wildman–Crippen LogP) is 3.30. The van der Waals surface area contributed by atoms with Gasteiger partial charge in [-0.25, -0.2) is 0 Å². The molecule has 1 N–H and O–H groups in total. The molecular weight excluding hydrogens is 358 g/mol. The molecule has 0 spiro atoms. The first-order chi connectivity index (χ1) is 11.9. The van der Waals surface area contributed by atoms with Gasteiger partial charge in [0.05, 0.1) is 6.61 Å². The summed E-state index contributed by atoms with van der Waals surface area (Å²) in [5.41, 5.74) is 1.91. The van der Waals surface area contributed by atoms with Crippen LogP contribution < -0.4 is 5.32 Å². The van der Waals surface area contributed by atoms with Crippen molar-refractivity contribution in [3.8, 4) is 0 Å². The lowest BCUT2D eigenvalue weighted by Crippen LogP contribution is -2.50. The molecule has 1 amide bonds. The van der Waals surface area contributed by atoms with E-state index in [0.717, 1.165) is 37.2 Å². The molecule has 0 unspecified atom stereocenters. The van der Waals surface area contributed by atoms with E-state index in [9.17, 15) is 4.79 Å². The third kappa shape index (κ3) is 5.56. The summed E-state index contributed by atoms with van der Waals surface area (Å²) in [5, 5.41) is 4.67. The average Bonchev–Trinajstić information content (AvgIpc) is 2.59. The van der Waals surface area contributed by atoms with Crippen LogP contribution in [0.1, 0.15) is 25.3 Å². The van der Waals surface area contributed by atoms with E-state index in [0.29, 0.717) is 29.3 Å². The number of rotatable bonds is 5. The maximum atomic E-state index is 11.5. The van der Waals surface area contributed by atoms with E-state index in [-0.39, 0.29) is 5.91 Å². The first-order valence-corrected chi connectivity index (χ1v) is 9.29. The fourth-order valence-electron chi connectivity index (χ4n) is 3.00. The summed E-state index contributed by atoms with van der Waals surface area (Å²) in [7, 11) is 1.69. The van der Waals surface area contributed by atoms with Crippen molar-refractivity contribution < 1.29 is 9.53 Å². The highest BCUT2D eigenvalue weighted by molar-refractivity contribution is 7.80. The zero-order chi connectivity index (χ0) is 18.4. The fraction of sp³-hybridized carbons (Fsp3) is 0.556. The van der Waals surface area contributed by atoms with Gasteiger partial charge in [0.1, 0.15) is 0 Å². The lowest BCUT2D eigenvalue weighted by Gasteiger charge is -2.39. The molecule has 138 valence electrons. The van der Waals surface area contributed by atoms with Crippen molar-refractivity contribution >= 4 is 40.5 Å². The molecule has 1 aromatic rings. The van der Waals surface area contributed by atoms with E-state index in [1.165, 1.54) is 0 Å². The molecule has 0 radical (unpaired) electrons. The second-order valence-electron chi connectivity index (χ2n) is 6.32. The van der Waals surface area contributed by atoms with Crippen LogP contribution in [0.2, 0.25) is 5.02 Å². The summed E-state index contributed by atoms with van der Waals surface area (Å²) in [5.74, 6) is 0.136. The van der Waals surface area contributed by atoms with Gasteiger partial charge in [-0.15, -0.1) is 0 Å². The van der Waals surface area contributed by atoms with Gasteiger partial charge in [0, 0.05) is 50.4 Å². The molecule has 1 heterocycles. The molecule has 1 aliphatic rings. The van der Waals surface area contributed by atoms with Gasteiger partial charge in [0.25, 0.3) is 0 Å². The van der Waals surface area contributed by atoms with Gasteiger partial charge >= 0.3 is 0 Å². The zero-order valence-corrected chi connectivity index (χ0v) is 16.6. The van der Waals surface area contributed by atoms with Crippen LogP contribution in [-0.2, 0) is 9.53 Å². The minimum atomic E-state index is 0.136. The molecule has 1 aromatic carbocycles. The van der Waals surface area contributed by atoms with Crippen LogP contribution in [0.5, 0.6) is 0 Å². The molecule has 1 saturated heterocycles. The summed E-state index contributed by atoms with van der Waals surface area (Å²) in [4.78, 5) is 15.6. The highest BCUT2D eigenvalue weighted by Gasteiger charge is 2.27. The molecule has 25 heavy (non-hydrogen) atoms. The summed E-state index contributed by atoms with van der Waals surface area (Å²) in [6.07, 6.45) is 1.81. The number of benzene rings is 1. The minimum Gasteiger partial charge on any atom is -0.383 e. The minimum absolute atomic E-state index is 0.136. The van der Waals surface area contributed by atoms with Crippen molar-refractivity contribution in [2.75, 3.05) is 38.7 Å². The van der Waals surface area contributed by atoms with Gasteiger partial charge in [-0.2, -0.15) is 0 Å². The number of hydrogen-bond donors (Lipinski definition) is 1. The van der Waals surface area contributed by atoms with Crippen LogP contribution in [-0.4, -0.2) is 60.2 Å². The smallest absolute Gasteiger partial charge is 0.219 e. The summed E-state index contributed by atoms with van der Waals surface area (Å²) >= 11 is 11.8. The number of thiocarbonyl (C=S) groups is 1. The zero-order valence-electron chi connectivity index (χ0n) is 15.0. The molecule has 5 nitrogen and oxygen atoms in total. The topological polar surface area (TPSA) is 44.8 Å². The van der Waals surface area contributed by atoms with Crippen molar-refractivity contribution in [1.29, 1.82) is 0 Å². The first-order valence-electron chi connectivity index (χ1n) is 8.50. The predicted molar refractivity (Wildman–Crippen MR) is 106 cm³/mol. The van der Waals surface area contributed by atoms with E-state index in [2.05, 4.69) is 10.2 Å². The Hall–Kier alpha value is -1.37. The Labute approximate surface area is 160 Å². The van der Waals surface area contributed by atoms with Gasteiger partial charge < -0.3 is 19.9 Å². The highest BCUT2D eigenvalue weighted by Crippen LogP contribution is 2.22. The molecule has 1 fully saturated rings.